The number of benzene rings is 1. The molecular formula is C24H25F3N6O4S. The van der Waals surface area contributed by atoms with Crippen LogP contribution in [0.2, 0.25) is 0 Å². The SMILES string of the molecule is O=C(Cc1cccc(OC(F)(F)F)c1)Nc1ccc(CCCCc2nnc(C(=O)NCC3COC3)s2)nn1. The minimum absolute atomic E-state index is 0.150. The van der Waals surface area contributed by atoms with Crippen molar-refractivity contribution in [2.45, 2.75) is 38.5 Å². The van der Waals surface area contributed by atoms with Crippen molar-refractivity contribution in [1.82, 2.24) is 25.7 Å². The number of hydrogen-bond donors (Lipinski definition) is 2. The molecule has 0 aliphatic carbocycles. The van der Waals surface area contributed by atoms with Gasteiger partial charge in [-0.05, 0) is 49.1 Å². The minimum atomic E-state index is -4.80. The van der Waals surface area contributed by atoms with Crippen LogP contribution in [0.1, 0.15) is 38.9 Å². The molecule has 2 N–H and O–H groups in total. The second-order valence-electron chi connectivity index (χ2n) is 8.65. The molecule has 14 heteroatoms. The summed E-state index contributed by atoms with van der Waals surface area (Å²) in [6.45, 7) is 1.92. The second kappa shape index (κ2) is 12.7. The lowest BCUT2D eigenvalue weighted by atomic mass is 10.1. The van der Waals surface area contributed by atoms with Gasteiger partial charge >= 0.3 is 6.36 Å². The Morgan fingerprint density at radius 1 is 1.05 bits per heavy atom. The van der Waals surface area contributed by atoms with Crippen LogP contribution in [0, 0.1) is 5.92 Å². The zero-order valence-electron chi connectivity index (χ0n) is 20.2. The van der Waals surface area contributed by atoms with Gasteiger partial charge < -0.3 is 20.1 Å². The van der Waals surface area contributed by atoms with Gasteiger partial charge in [-0.15, -0.1) is 28.5 Å². The number of halogens is 3. The monoisotopic (exact) mass is 550 g/mol. The Labute approximate surface area is 220 Å². The van der Waals surface area contributed by atoms with Gasteiger partial charge in [0, 0.05) is 18.9 Å². The Hall–Kier alpha value is -3.65. The molecule has 10 nitrogen and oxygen atoms in total. The molecule has 0 saturated carbocycles. The normalized spacial score (nSPS) is 13.6. The summed E-state index contributed by atoms with van der Waals surface area (Å²) in [4.78, 5) is 24.4. The van der Waals surface area contributed by atoms with E-state index < -0.39 is 12.3 Å². The van der Waals surface area contributed by atoms with E-state index in [9.17, 15) is 22.8 Å². The number of anilines is 1. The molecule has 0 atom stereocenters. The van der Waals surface area contributed by atoms with Gasteiger partial charge in [0.05, 0.1) is 25.3 Å². The van der Waals surface area contributed by atoms with Gasteiger partial charge in [0.2, 0.25) is 10.9 Å². The van der Waals surface area contributed by atoms with Crippen LogP contribution >= 0.6 is 11.3 Å². The minimum Gasteiger partial charge on any atom is -0.406 e. The molecule has 3 aromatic rings. The van der Waals surface area contributed by atoms with Crippen LogP contribution < -0.4 is 15.4 Å². The number of ether oxygens (including phenoxy) is 2. The third kappa shape index (κ3) is 8.73. The molecule has 38 heavy (non-hydrogen) atoms. The number of rotatable bonds is 12. The summed E-state index contributed by atoms with van der Waals surface area (Å²) in [5.41, 5.74) is 1.11. The van der Waals surface area contributed by atoms with Gasteiger partial charge in [-0.1, -0.05) is 23.5 Å². The summed E-state index contributed by atoms with van der Waals surface area (Å²) in [6.07, 6.45) is -1.95. The van der Waals surface area contributed by atoms with E-state index >= 15 is 0 Å². The smallest absolute Gasteiger partial charge is 0.406 e. The van der Waals surface area contributed by atoms with Gasteiger partial charge in [0.15, 0.2) is 5.82 Å². The number of nitrogens with zero attached hydrogens (tertiary/aromatic N) is 4. The van der Waals surface area contributed by atoms with E-state index in [1.807, 2.05) is 0 Å². The number of aromatic nitrogens is 4. The molecule has 0 unspecified atom stereocenters. The van der Waals surface area contributed by atoms with E-state index in [1.54, 1.807) is 12.1 Å². The average Bonchev–Trinajstić information content (AvgIpc) is 3.30. The number of alkyl halides is 3. The number of nitrogens with one attached hydrogen (secondary N) is 2. The van der Waals surface area contributed by atoms with Crippen molar-refractivity contribution < 1.29 is 32.2 Å². The maximum Gasteiger partial charge on any atom is 0.573 e. The summed E-state index contributed by atoms with van der Waals surface area (Å²) >= 11 is 1.28. The van der Waals surface area contributed by atoms with Crippen LogP contribution in [0.15, 0.2) is 36.4 Å². The van der Waals surface area contributed by atoms with Crippen LogP contribution in [0.5, 0.6) is 5.75 Å². The Kier molecular flexibility index (Phi) is 9.18. The molecule has 1 fully saturated rings. The molecule has 202 valence electrons. The molecule has 2 aromatic heterocycles. The highest BCUT2D eigenvalue weighted by atomic mass is 32.1. The fourth-order valence-electron chi connectivity index (χ4n) is 3.53. The van der Waals surface area contributed by atoms with E-state index in [2.05, 4.69) is 35.8 Å². The zero-order chi connectivity index (χ0) is 27.0. The highest BCUT2D eigenvalue weighted by molar-refractivity contribution is 7.13. The van der Waals surface area contributed by atoms with Crippen LogP contribution in [-0.2, 0) is 28.8 Å². The van der Waals surface area contributed by atoms with Crippen molar-refractivity contribution in [2.24, 2.45) is 5.92 Å². The lowest BCUT2D eigenvalue weighted by Crippen LogP contribution is -2.39. The molecule has 1 saturated heterocycles. The Balaban J connectivity index is 1.15. The van der Waals surface area contributed by atoms with Gasteiger partial charge in [-0.2, -0.15) is 5.10 Å². The third-order valence-electron chi connectivity index (χ3n) is 5.48. The van der Waals surface area contributed by atoms with Crippen molar-refractivity contribution in [3.05, 3.63) is 57.7 Å². The number of amides is 2. The number of hydrogen-bond acceptors (Lipinski definition) is 9. The molecule has 1 aliphatic heterocycles. The maximum atomic E-state index is 12.4. The summed E-state index contributed by atoms with van der Waals surface area (Å²) < 4.78 is 46.1. The highest BCUT2D eigenvalue weighted by Crippen LogP contribution is 2.23. The Morgan fingerprint density at radius 3 is 2.58 bits per heavy atom. The first-order valence-corrected chi connectivity index (χ1v) is 12.7. The first-order valence-electron chi connectivity index (χ1n) is 11.9. The lowest BCUT2D eigenvalue weighted by Gasteiger charge is -2.25. The van der Waals surface area contributed by atoms with Gasteiger partial charge in [-0.25, -0.2) is 0 Å². The fourth-order valence-corrected chi connectivity index (χ4v) is 4.33. The quantitative estimate of drug-likeness (QED) is 0.329. The van der Waals surface area contributed by atoms with E-state index in [4.69, 9.17) is 4.74 Å². The van der Waals surface area contributed by atoms with E-state index in [-0.39, 0.29) is 23.9 Å². The third-order valence-corrected chi connectivity index (χ3v) is 6.46. The van der Waals surface area contributed by atoms with Crippen LogP contribution in [-0.4, -0.2) is 58.3 Å². The number of carbonyl (C=O) groups is 2. The number of unbranched alkanes of at least 4 members (excludes halogenated alkanes) is 1. The van der Waals surface area contributed by atoms with Crippen LogP contribution in [0.4, 0.5) is 19.0 Å². The number of aryl methyl sites for hydroxylation is 2. The predicted molar refractivity (Wildman–Crippen MR) is 131 cm³/mol. The van der Waals surface area contributed by atoms with Gasteiger partial charge in [-0.3, -0.25) is 9.59 Å². The first kappa shape index (κ1) is 27.4. The van der Waals surface area contributed by atoms with Crippen LogP contribution in [0.25, 0.3) is 0 Å². The zero-order valence-corrected chi connectivity index (χ0v) is 21.0. The van der Waals surface area contributed by atoms with E-state index in [0.717, 1.165) is 35.7 Å². The van der Waals surface area contributed by atoms with Gasteiger partial charge in [0.25, 0.3) is 5.91 Å². The van der Waals surface area contributed by atoms with E-state index in [0.29, 0.717) is 49.1 Å². The standard InChI is InChI=1S/C24H25F3N6O4S/c25-24(26,27)37-18-6-3-4-15(10-18)11-20(34)29-19-9-8-17(30-31-19)5-1-2-7-21-32-33-23(38-21)22(35)28-12-16-13-36-14-16/h3-4,6,8-10,16H,1-2,5,7,11-14H2,(H,28,35)(H,29,31,34). The molecule has 2 amide bonds. The maximum absolute atomic E-state index is 12.4. The highest BCUT2D eigenvalue weighted by Gasteiger charge is 2.31. The van der Waals surface area contributed by atoms with Crippen molar-refractivity contribution >= 4 is 29.0 Å². The molecule has 0 bridgehead atoms. The molecular weight excluding hydrogens is 525 g/mol. The topological polar surface area (TPSA) is 128 Å². The molecule has 4 rings (SSSR count). The first-order chi connectivity index (χ1) is 18.2. The van der Waals surface area contributed by atoms with Gasteiger partial charge in [0.1, 0.15) is 10.8 Å². The van der Waals surface area contributed by atoms with Crippen molar-refractivity contribution in [3.8, 4) is 5.75 Å². The fraction of sp³-hybridized carbons (Fsp3) is 0.417. The summed E-state index contributed by atoms with van der Waals surface area (Å²) in [5, 5.41) is 22.7. The van der Waals surface area contributed by atoms with Crippen molar-refractivity contribution in [2.75, 3.05) is 25.1 Å². The molecule has 1 aromatic carbocycles. The van der Waals surface area contributed by atoms with Crippen LogP contribution in [0.3, 0.4) is 0 Å². The second-order valence-corrected chi connectivity index (χ2v) is 9.71. The van der Waals surface area contributed by atoms with Crippen molar-refractivity contribution in [1.29, 1.82) is 0 Å². The Bertz CT molecular complexity index is 1230. The Morgan fingerprint density at radius 2 is 1.87 bits per heavy atom. The summed E-state index contributed by atoms with van der Waals surface area (Å²) in [6, 6.07) is 8.60. The average molecular weight is 551 g/mol. The number of carbonyl (C=O) groups excluding carboxylic acids is 2. The lowest BCUT2D eigenvalue weighted by molar-refractivity contribution is -0.274. The summed E-state index contributed by atoms with van der Waals surface area (Å²) in [5.74, 6) is -0.441. The largest absolute Gasteiger partial charge is 0.573 e. The van der Waals surface area contributed by atoms with Crippen molar-refractivity contribution in [3.63, 3.8) is 0 Å². The predicted octanol–water partition coefficient (Wildman–Crippen LogP) is 3.35. The molecule has 0 spiro atoms. The molecule has 1 aliphatic rings. The summed E-state index contributed by atoms with van der Waals surface area (Å²) in [7, 11) is 0. The van der Waals surface area contributed by atoms with E-state index in [1.165, 1.54) is 23.5 Å². The molecule has 3 heterocycles. The molecule has 0 radical (unpaired) electrons.